The smallest absolute Gasteiger partial charge is 0.242 e. The molecule has 0 saturated carbocycles. The zero-order valence-electron chi connectivity index (χ0n) is 10.8. The molecule has 0 spiro atoms. The highest BCUT2D eigenvalue weighted by atomic mass is 16.7. The van der Waals surface area contributed by atoms with Crippen LogP contribution in [0.5, 0.6) is 5.88 Å². The second-order valence-electron chi connectivity index (χ2n) is 3.87. The molecule has 1 heterocycles. The van der Waals surface area contributed by atoms with Crippen LogP contribution in [0, 0.1) is 0 Å². The van der Waals surface area contributed by atoms with Crippen molar-refractivity contribution in [3.05, 3.63) is 6.33 Å². The molecule has 0 aromatic carbocycles. The molecule has 1 aromatic heterocycles. The molecule has 0 saturated heterocycles. The van der Waals surface area contributed by atoms with Gasteiger partial charge in [-0.05, 0) is 20.3 Å². The van der Waals surface area contributed by atoms with Crippen LogP contribution in [0.1, 0.15) is 27.2 Å². The average Bonchev–Trinajstić information content (AvgIpc) is 2.29. The predicted octanol–water partition coefficient (Wildman–Crippen LogP) is 1.62. The Morgan fingerprint density at radius 1 is 1.41 bits per heavy atom. The van der Waals surface area contributed by atoms with Gasteiger partial charge >= 0.3 is 0 Å². The van der Waals surface area contributed by atoms with E-state index in [0.29, 0.717) is 23.9 Å². The Hall–Kier alpha value is -1.56. The van der Waals surface area contributed by atoms with Crippen LogP contribution in [0.3, 0.4) is 0 Å². The van der Waals surface area contributed by atoms with Crippen molar-refractivity contribution in [3.63, 3.8) is 0 Å². The number of anilines is 2. The second kappa shape index (κ2) is 6.24. The van der Waals surface area contributed by atoms with Crippen molar-refractivity contribution in [2.24, 2.45) is 0 Å². The second-order valence-corrected chi connectivity index (χ2v) is 3.87. The van der Waals surface area contributed by atoms with Gasteiger partial charge in [0, 0.05) is 6.54 Å². The van der Waals surface area contributed by atoms with Crippen molar-refractivity contribution >= 4 is 11.5 Å². The van der Waals surface area contributed by atoms with Gasteiger partial charge in [-0.2, -0.15) is 4.98 Å². The Morgan fingerprint density at radius 2 is 2.12 bits per heavy atom. The van der Waals surface area contributed by atoms with Gasteiger partial charge in [0.15, 0.2) is 5.82 Å². The van der Waals surface area contributed by atoms with E-state index in [1.165, 1.54) is 6.33 Å². The summed E-state index contributed by atoms with van der Waals surface area (Å²) in [5, 5.41) is 1.63. The van der Waals surface area contributed by atoms with E-state index in [1.807, 2.05) is 13.8 Å². The molecule has 0 radical (unpaired) electrons. The van der Waals surface area contributed by atoms with Gasteiger partial charge in [0.1, 0.15) is 12.0 Å². The van der Waals surface area contributed by atoms with Crippen LogP contribution in [0.25, 0.3) is 0 Å². The molecular weight excluding hydrogens is 220 g/mol. The van der Waals surface area contributed by atoms with Crippen LogP contribution in [-0.4, -0.2) is 29.7 Å². The monoisotopic (exact) mass is 240 g/mol. The Balaban J connectivity index is 2.99. The quantitative estimate of drug-likeness (QED) is 0.762. The summed E-state index contributed by atoms with van der Waals surface area (Å²) in [5.41, 5.74) is 6.37. The van der Waals surface area contributed by atoms with E-state index < -0.39 is 0 Å². The number of hydrogen-bond acceptors (Lipinski definition) is 6. The molecule has 1 aromatic rings. The maximum Gasteiger partial charge on any atom is 0.242 e. The summed E-state index contributed by atoms with van der Waals surface area (Å²) in [7, 11) is 1.58. The van der Waals surface area contributed by atoms with E-state index in [-0.39, 0.29) is 6.10 Å². The van der Waals surface area contributed by atoms with Crippen LogP contribution >= 0.6 is 0 Å². The molecule has 0 aliphatic carbocycles. The highest BCUT2D eigenvalue weighted by molar-refractivity contribution is 5.66. The van der Waals surface area contributed by atoms with E-state index in [2.05, 4.69) is 16.9 Å². The molecule has 6 heteroatoms. The predicted molar refractivity (Wildman–Crippen MR) is 66.9 cm³/mol. The lowest BCUT2D eigenvalue weighted by molar-refractivity contribution is 0.164. The molecular formula is C11H20N4O2. The van der Waals surface area contributed by atoms with Gasteiger partial charge in [-0.3, -0.25) is 4.84 Å². The van der Waals surface area contributed by atoms with Gasteiger partial charge in [-0.15, -0.1) is 0 Å². The van der Waals surface area contributed by atoms with Crippen LogP contribution in [0.15, 0.2) is 6.33 Å². The van der Waals surface area contributed by atoms with Crippen LogP contribution in [0.4, 0.5) is 11.5 Å². The van der Waals surface area contributed by atoms with Crippen molar-refractivity contribution in [2.75, 3.05) is 24.5 Å². The lowest BCUT2D eigenvalue weighted by atomic mass is 10.4. The largest absolute Gasteiger partial charge is 0.473 e. The molecule has 0 amide bonds. The number of nitrogens with zero attached hydrogens (tertiary/aromatic N) is 3. The minimum atomic E-state index is 0.0159. The first-order chi connectivity index (χ1) is 8.10. The van der Waals surface area contributed by atoms with Crippen LogP contribution in [-0.2, 0) is 4.84 Å². The van der Waals surface area contributed by atoms with Crippen molar-refractivity contribution in [2.45, 2.75) is 33.3 Å². The molecule has 0 fully saturated rings. The van der Waals surface area contributed by atoms with E-state index in [1.54, 1.807) is 12.2 Å². The van der Waals surface area contributed by atoms with Crippen LogP contribution < -0.4 is 15.5 Å². The molecule has 6 nitrogen and oxygen atoms in total. The summed E-state index contributed by atoms with van der Waals surface area (Å²) in [6.45, 7) is 6.59. The summed E-state index contributed by atoms with van der Waals surface area (Å²) in [4.78, 5) is 13.4. The standard InChI is InChI=1S/C11H20N4O2/c1-5-6-15(16-4)10-9(12)11(14-7-13-10)17-8(2)3/h7-8H,5-6,12H2,1-4H3. The first kappa shape index (κ1) is 13.5. The third-order valence-corrected chi connectivity index (χ3v) is 2.06. The molecule has 0 aliphatic rings. The SMILES string of the molecule is CCCN(OC)c1ncnc(OC(C)C)c1N. The number of rotatable bonds is 6. The van der Waals surface area contributed by atoms with Gasteiger partial charge in [-0.25, -0.2) is 10.0 Å². The number of hydrogen-bond donors (Lipinski definition) is 1. The van der Waals surface area contributed by atoms with E-state index >= 15 is 0 Å². The number of aromatic nitrogens is 2. The molecule has 0 atom stereocenters. The Labute approximate surface area is 102 Å². The zero-order valence-corrected chi connectivity index (χ0v) is 10.8. The first-order valence-corrected chi connectivity index (χ1v) is 5.68. The molecule has 96 valence electrons. The van der Waals surface area contributed by atoms with E-state index in [0.717, 1.165) is 6.42 Å². The van der Waals surface area contributed by atoms with Gasteiger partial charge in [0.25, 0.3) is 0 Å². The third kappa shape index (κ3) is 3.45. The van der Waals surface area contributed by atoms with Crippen molar-refractivity contribution in [1.29, 1.82) is 0 Å². The summed E-state index contributed by atoms with van der Waals surface area (Å²) in [5.74, 6) is 0.933. The average molecular weight is 240 g/mol. The molecule has 0 bridgehead atoms. The zero-order chi connectivity index (χ0) is 12.8. The molecule has 0 aliphatic heterocycles. The van der Waals surface area contributed by atoms with Gasteiger partial charge in [-0.1, -0.05) is 6.92 Å². The maximum atomic E-state index is 5.97. The lowest BCUT2D eigenvalue weighted by Crippen LogP contribution is -2.25. The third-order valence-electron chi connectivity index (χ3n) is 2.06. The normalized spacial score (nSPS) is 10.6. The minimum absolute atomic E-state index is 0.0159. The maximum absolute atomic E-state index is 5.97. The van der Waals surface area contributed by atoms with Crippen LogP contribution in [0.2, 0.25) is 0 Å². The molecule has 0 unspecified atom stereocenters. The molecule has 1 rings (SSSR count). The fourth-order valence-corrected chi connectivity index (χ4v) is 1.37. The van der Waals surface area contributed by atoms with Gasteiger partial charge in [0.05, 0.1) is 13.2 Å². The Bertz CT molecular complexity index is 357. The number of hydroxylamine groups is 1. The number of ether oxygens (including phenoxy) is 1. The Kier molecular flexibility index (Phi) is 4.96. The van der Waals surface area contributed by atoms with E-state index in [4.69, 9.17) is 15.3 Å². The summed E-state index contributed by atoms with van der Waals surface area (Å²) in [6.07, 6.45) is 2.37. The Morgan fingerprint density at radius 3 is 2.65 bits per heavy atom. The first-order valence-electron chi connectivity index (χ1n) is 5.68. The highest BCUT2D eigenvalue weighted by Gasteiger charge is 2.16. The minimum Gasteiger partial charge on any atom is -0.473 e. The summed E-state index contributed by atoms with van der Waals surface area (Å²) < 4.78 is 5.50. The number of nitrogens with two attached hydrogens (primary N) is 1. The lowest BCUT2D eigenvalue weighted by Gasteiger charge is -2.22. The highest BCUT2D eigenvalue weighted by Crippen LogP contribution is 2.28. The molecule has 2 N–H and O–H groups in total. The van der Waals surface area contributed by atoms with Crippen molar-refractivity contribution in [3.8, 4) is 5.88 Å². The summed E-state index contributed by atoms with van der Waals surface area (Å²) >= 11 is 0. The van der Waals surface area contributed by atoms with Crippen molar-refractivity contribution < 1.29 is 9.57 Å². The van der Waals surface area contributed by atoms with Gasteiger partial charge in [0.2, 0.25) is 5.88 Å². The fourth-order valence-electron chi connectivity index (χ4n) is 1.37. The van der Waals surface area contributed by atoms with E-state index in [9.17, 15) is 0 Å². The topological polar surface area (TPSA) is 73.5 Å². The van der Waals surface area contributed by atoms with Crippen molar-refractivity contribution in [1.82, 2.24) is 9.97 Å². The van der Waals surface area contributed by atoms with Gasteiger partial charge < -0.3 is 10.5 Å². The molecule has 17 heavy (non-hydrogen) atoms. The fraction of sp³-hybridized carbons (Fsp3) is 0.636. The summed E-state index contributed by atoms with van der Waals surface area (Å²) in [6, 6.07) is 0. The number of nitrogen functional groups attached to an aromatic ring is 1.